The Morgan fingerprint density at radius 3 is 2.06 bits per heavy atom. The van der Waals surface area contributed by atoms with Crippen molar-refractivity contribution in [2.24, 2.45) is 23.2 Å². The van der Waals surface area contributed by atoms with Crippen molar-refractivity contribution in [3.8, 4) is 0 Å². The lowest BCUT2D eigenvalue weighted by Gasteiger charge is -2.19. The van der Waals surface area contributed by atoms with Gasteiger partial charge in [-0.25, -0.2) is 45.1 Å². The third-order valence-corrected chi connectivity index (χ3v) is 1.87. The molecule has 8 N–H and O–H groups in total. The number of hydrogen-bond donors (Lipinski definition) is 4. The minimum absolute atomic E-state index is 0.00464. The topological polar surface area (TPSA) is 158 Å². The third-order valence-electron chi connectivity index (χ3n) is 1.87. The summed E-state index contributed by atoms with van der Waals surface area (Å²) in [5.41, 5.74) is 8.54. The van der Waals surface area contributed by atoms with E-state index in [1.807, 2.05) is 0 Å². The number of carbonyl (C=O) groups is 2. The molecule has 1 aromatic rings. The van der Waals surface area contributed by atoms with Crippen LogP contribution in [0.4, 0.5) is 29.9 Å². The molecule has 18 heavy (non-hydrogen) atoms. The fourth-order valence-corrected chi connectivity index (χ4v) is 1.05. The van der Waals surface area contributed by atoms with Crippen molar-refractivity contribution in [3.05, 3.63) is 17.8 Å². The minimum Gasteiger partial charge on any atom is -0.350 e. The average Bonchev–Trinajstić information content (AvgIpc) is 2.27. The Labute approximate surface area is 98.9 Å². The molecule has 0 aliphatic carbocycles. The van der Waals surface area contributed by atoms with Gasteiger partial charge in [0.2, 0.25) is 0 Å². The van der Waals surface area contributed by atoms with E-state index in [9.17, 15) is 18.4 Å². The molecule has 0 fully saturated rings. The van der Waals surface area contributed by atoms with E-state index in [1.54, 1.807) is 0 Å². The molecule has 11 heteroatoms. The Bertz CT molecular complexity index is 509. The largest absolute Gasteiger partial charge is 0.350 e. The van der Waals surface area contributed by atoms with Crippen molar-refractivity contribution in [1.82, 2.24) is 4.98 Å². The lowest BCUT2D eigenvalue weighted by Crippen LogP contribution is -2.45. The quantitative estimate of drug-likeness (QED) is 0.301. The van der Waals surface area contributed by atoms with Crippen LogP contribution in [0, 0.1) is 11.6 Å². The first-order chi connectivity index (χ1) is 8.27. The van der Waals surface area contributed by atoms with Crippen molar-refractivity contribution >= 4 is 23.6 Å². The minimum atomic E-state index is -1.46. The van der Waals surface area contributed by atoms with Gasteiger partial charge in [0.25, 0.3) is 0 Å². The molecule has 0 bridgehead atoms. The highest BCUT2D eigenvalue weighted by atomic mass is 19.1. The number of hydrazine groups is 2. The number of urea groups is 2. The summed E-state index contributed by atoms with van der Waals surface area (Å²) in [6.07, 6.45) is 0.499. The Hall–Kier alpha value is -2.53. The van der Waals surface area contributed by atoms with Crippen molar-refractivity contribution in [1.29, 1.82) is 0 Å². The molecule has 0 unspecified atom stereocenters. The first kappa shape index (κ1) is 13.5. The van der Waals surface area contributed by atoms with Crippen LogP contribution in [0.2, 0.25) is 0 Å². The maximum atomic E-state index is 13.8. The molecule has 0 aliphatic rings. The van der Waals surface area contributed by atoms with Gasteiger partial charge in [-0.3, -0.25) is 0 Å². The van der Waals surface area contributed by atoms with Gasteiger partial charge in [-0.05, 0) is 0 Å². The first-order valence-electron chi connectivity index (χ1n) is 4.29. The van der Waals surface area contributed by atoms with Crippen LogP contribution in [0.3, 0.4) is 0 Å². The average molecular weight is 261 g/mol. The van der Waals surface area contributed by atoms with Gasteiger partial charge in [0, 0.05) is 0 Å². The van der Waals surface area contributed by atoms with E-state index in [0.29, 0.717) is 6.20 Å². The number of carbonyl (C=O) groups excluding carboxylic acids is 2. The molecule has 0 aromatic carbocycles. The summed E-state index contributed by atoms with van der Waals surface area (Å²) < 4.78 is 27.1. The van der Waals surface area contributed by atoms with Gasteiger partial charge in [-0.1, -0.05) is 0 Å². The zero-order valence-corrected chi connectivity index (χ0v) is 8.80. The van der Waals surface area contributed by atoms with Crippen LogP contribution in [0.15, 0.2) is 6.20 Å². The van der Waals surface area contributed by atoms with E-state index >= 15 is 0 Å². The predicted octanol–water partition coefficient (Wildman–Crippen LogP) is -1.12. The number of pyridine rings is 1. The predicted molar refractivity (Wildman–Crippen MR) is 56.7 cm³/mol. The van der Waals surface area contributed by atoms with E-state index in [1.165, 1.54) is 0 Å². The van der Waals surface area contributed by atoms with Gasteiger partial charge in [0.15, 0.2) is 17.5 Å². The molecular formula is C7H9F2N7O2. The van der Waals surface area contributed by atoms with Crippen molar-refractivity contribution in [2.45, 2.75) is 0 Å². The second kappa shape index (κ2) is 4.77. The molecule has 0 radical (unpaired) electrons. The highest BCUT2D eigenvalue weighted by molar-refractivity contribution is 5.92. The molecule has 1 heterocycles. The highest BCUT2D eigenvalue weighted by Crippen LogP contribution is 2.26. The zero-order valence-electron chi connectivity index (χ0n) is 8.80. The summed E-state index contributed by atoms with van der Waals surface area (Å²) in [5, 5.41) is 0.123. The second-order valence-electron chi connectivity index (χ2n) is 3.01. The summed E-state index contributed by atoms with van der Waals surface area (Å²) in [7, 11) is 0. The van der Waals surface area contributed by atoms with Gasteiger partial charge >= 0.3 is 12.1 Å². The Morgan fingerprint density at radius 2 is 1.61 bits per heavy atom. The lowest BCUT2D eigenvalue weighted by atomic mass is 10.3. The Kier molecular flexibility index (Phi) is 3.58. The number of hydrogen-bond acceptors (Lipinski definition) is 5. The summed E-state index contributed by atoms with van der Waals surface area (Å²) >= 11 is 0. The van der Waals surface area contributed by atoms with Gasteiger partial charge in [0.1, 0.15) is 5.69 Å². The van der Waals surface area contributed by atoms with Crippen LogP contribution in [-0.2, 0) is 0 Å². The number of amides is 4. The highest BCUT2D eigenvalue weighted by Gasteiger charge is 2.25. The number of nitrogens with zero attached hydrogens (tertiary/aromatic N) is 3. The molecule has 0 atom stereocenters. The van der Waals surface area contributed by atoms with Crippen molar-refractivity contribution < 1.29 is 18.4 Å². The number of primary amides is 2. The van der Waals surface area contributed by atoms with Crippen LogP contribution in [0.5, 0.6) is 0 Å². The van der Waals surface area contributed by atoms with Gasteiger partial charge in [-0.15, -0.1) is 0 Å². The maximum absolute atomic E-state index is 13.8. The number of halogens is 2. The Morgan fingerprint density at radius 1 is 1.11 bits per heavy atom. The van der Waals surface area contributed by atoms with Crippen molar-refractivity contribution in [2.75, 3.05) is 10.0 Å². The number of aromatic nitrogens is 1. The smallest absolute Gasteiger partial charge is 0.335 e. The molecule has 0 saturated carbocycles. The van der Waals surface area contributed by atoms with Gasteiger partial charge in [-0.2, -0.15) is 0 Å². The summed E-state index contributed by atoms with van der Waals surface area (Å²) in [4.78, 5) is 24.7. The van der Waals surface area contributed by atoms with Gasteiger partial charge < -0.3 is 11.5 Å². The molecule has 0 aliphatic heterocycles. The van der Waals surface area contributed by atoms with Gasteiger partial charge in [0.05, 0.1) is 6.20 Å². The van der Waals surface area contributed by atoms with Crippen LogP contribution in [0.25, 0.3) is 0 Å². The molecule has 4 amide bonds. The van der Waals surface area contributed by atoms with E-state index in [0.717, 1.165) is 0 Å². The molecule has 98 valence electrons. The first-order valence-corrected chi connectivity index (χ1v) is 4.29. The fraction of sp³-hybridized carbons (Fsp3) is 0. The Balaban J connectivity index is 3.40. The molecule has 0 saturated heterocycles. The SMILES string of the molecule is NC(=O)N(N)c1ncc(F)c(N(N)C(N)=O)c1F. The van der Waals surface area contributed by atoms with E-state index in [4.69, 9.17) is 23.2 Å². The van der Waals surface area contributed by atoms with Crippen LogP contribution in [-0.4, -0.2) is 17.0 Å². The standard InChI is InChI=1S/C7H9F2N7O2/c8-2-1-14-5(16(13)7(11)18)3(9)4(2)15(12)6(10)17/h1H,12-13H2,(H2,10,17)(H2,11,18). The van der Waals surface area contributed by atoms with Crippen molar-refractivity contribution in [3.63, 3.8) is 0 Å². The zero-order chi connectivity index (χ0) is 14.0. The maximum Gasteiger partial charge on any atom is 0.335 e. The molecule has 1 rings (SSSR count). The monoisotopic (exact) mass is 261 g/mol. The van der Waals surface area contributed by atoms with E-state index < -0.39 is 35.2 Å². The molecule has 1 aromatic heterocycles. The summed E-state index contributed by atoms with van der Waals surface area (Å²) in [6.45, 7) is 0. The van der Waals surface area contributed by atoms with E-state index in [-0.39, 0.29) is 10.0 Å². The van der Waals surface area contributed by atoms with Crippen LogP contribution in [0.1, 0.15) is 0 Å². The van der Waals surface area contributed by atoms with Crippen LogP contribution < -0.4 is 33.2 Å². The van der Waals surface area contributed by atoms with Crippen LogP contribution >= 0.6 is 0 Å². The molecule has 0 spiro atoms. The van der Waals surface area contributed by atoms with E-state index in [2.05, 4.69) is 4.98 Å². The third kappa shape index (κ3) is 2.26. The lowest BCUT2D eigenvalue weighted by molar-refractivity contribution is 0.253. The number of rotatable bonds is 2. The number of anilines is 2. The number of nitrogens with two attached hydrogens (primary N) is 4. The summed E-state index contributed by atoms with van der Waals surface area (Å²) in [5.74, 6) is 6.61. The molecule has 9 nitrogen and oxygen atoms in total. The normalized spacial score (nSPS) is 10.0. The fourth-order valence-electron chi connectivity index (χ4n) is 1.05. The summed E-state index contributed by atoms with van der Waals surface area (Å²) in [6, 6.07) is -2.57. The molecular weight excluding hydrogens is 252 g/mol. The second-order valence-corrected chi connectivity index (χ2v) is 3.01.